The Morgan fingerprint density at radius 2 is 1.89 bits per heavy atom. The van der Waals surface area contributed by atoms with Gasteiger partial charge in [0.1, 0.15) is 28.4 Å². The van der Waals surface area contributed by atoms with Gasteiger partial charge in [0, 0.05) is 28.5 Å². The summed E-state index contributed by atoms with van der Waals surface area (Å²) in [6.07, 6.45) is -0.657. The number of hydrogen-bond acceptors (Lipinski definition) is 18. The van der Waals surface area contributed by atoms with Gasteiger partial charge in [-0.1, -0.05) is 28.5 Å². The number of phenolic OH excluding ortho intramolecular Hbond substituents is 2. The Kier molecular flexibility index (Phi) is 11.4. The number of anilines is 1. The number of halogens is 1. The first kappa shape index (κ1) is 40.1. The van der Waals surface area contributed by atoms with Gasteiger partial charge in [-0.05, 0) is 50.6 Å². The molecule has 1 saturated heterocycles. The van der Waals surface area contributed by atoms with Crippen LogP contribution in [0.2, 0.25) is 5.02 Å². The quantitative estimate of drug-likeness (QED) is 0.0357. The van der Waals surface area contributed by atoms with Crippen LogP contribution in [-0.2, 0) is 40.0 Å². The number of fused-ring (bicyclic) bond motifs is 1. The molecule has 0 radical (unpaired) electrons. The van der Waals surface area contributed by atoms with Crippen molar-refractivity contribution in [2.24, 2.45) is 5.16 Å². The minimum Gasteiger partial charge on any atom is -0.504 e. The number of esters is 1. The lowest BCUT2D eigenvalue weighted by Gasteiger charge is -2.49. The molecule has 2 amide bonds. The molecule has 1 aromatic carbocycles. The Labute approximate surface area is 322 Å². The van der Waals surface area contributed by atoms with E-state index in [1.807, 2.05) is 0 Å². The zero-order valence-electron chi connectivity index (χ0n) is 28.9. The normalized spacial score (nSPS) is 17.5. The van der Waals surface area contributed by atoms with Crippen molar-refractivity contribution >= 4 is 87.0 Å². The predicted molar refractivity (Wildman–Crippen MR) is 193 cm³/mol. The molecule has 3 aromatic rings. The van der Waals surface area contributed by atoms with Gasteiger partial charge in [-0.15, -0.1) is 28.2 Å². The number of oxime groups is 1. The van der Waals surface area contributed by atoms with Crippen LogP contribution in [0.5, 0.6) is 11.5 Å². The average Bonchev–Trinajstić information content (AvgIpc) is 3.73. The fourth-order valence-electron chi connectivity index (χ4n) is 4.94. The second-order valence-electron chi connectivity index (χ2n) is 13.0. The Balaban J connectivity index is 1.35. The summed E-state index contributed by atoms with van der Waals surface area (Å²) in [5.74, 6) is -6.45. The third-order valence-electron chi connectivity index (χ3n) is 7.44. The molecule has 0 bridgehead atoms. The van der Waals surface area contributed by atoms with Crippen molar-refractivity contribution < 1.29 is 54.0 Å². The van der Waals surface area contributed by atoms with Crippen LogP contribution in [0, 0.1) is 0 Å². The molecule has 5 rings (SSSR count). The highest BCUT2D eigenvalue weighted by Crippen LogP contribution is 2.43. The van der Waals surface area contributed by atoms with E-state index in [9.17, 15) is 44.4 Å². The number of amides is 2. The molecule has 288 valence electrons. The van der Waals surface area contributed by atoms with Crippen molar-refractivity contribution in [1.82, 2.24) is 35.4 Å². The molecule has 2 aromatic heterocycles. The standard InChI is InChI=1S/C30H32ClN9O11S3/c1-29(2,3)50-26(49)30(4,5)51-36-18(13-10-53-27(32)33-13)22(45)34-19-23(46)39-20(25(47)48)11(8-52-24(19)39)9-54-28-35-37-38-40(28)14-7-15(41)21(44)17(31)12(14)6-16(42)43/h7,10,19,24,41,44H,6,8-9H2,1-5H3,(H2,32,33)(H,34,45)(H,42,43)(H,47,48)/b36-18-/t19?,24-/m0/s1. The number of β-lactam (4-membered cyclic amide) rings is 1. The first-order valence-electron chi connectivity index (χ1n) is 15.5. The highest BCUT2D eigenvalue weighted by atomic mass is 35.5. The molecule has 2 atom stereocenters. The van der Waals surface area contributed by atoms with Gasteiger partial charge in [-0.25, -0.2) is 14.6 Å². The molecular weight excluding hydrogens is 794 g/mol. The number of nitrogens with two attached hydrogens (primary N) is 1. The van der Waals surface area contributed by atoms with E-state index in [0.717, 1.165) is 38.7 Å². The highest BCUT2D eigenvalue weighted by molar-refractivity contribution is 8.01. The van der Waals surface area contributed by atoms with E-state index in [-0.39, 0.29) is 44.4 Å². The number of aliphatic carboxylic acids is 2. The van der Waals surface area contributed by atoms with Crippen molar-refractivity contribution in [1.29, 1.82) is 0 Å². The number of carbonyl (C=O) groups excluding carboxylic acids is 3. The van der Waals surface area contributed by atoms with Crippen LogP contribution in [0.1, 0.15) is 45.9 Å². The van der Waals surface area contributed by atoms with E-state index < -0.39 is 81.0 Å². The van der Waals surface area contributed by atoms with Crippen LogP contribution in [-0.4, -0.2) is 120 Å². The van der Waals surface area contributed by atoms with Gasteiger partial charge in [-0.2, -0.15) is 4.68 Å². The van der Waals surface area contributed by atoms with Crippen molar-refractivity contribution in [3.63, 3.8) is 0 Å². The Morgan fingerprint density at radius 1 is 1.19 bits per heavy atom. The number of benzene rings is 1. The van der Waals surface area contributed by atoms with Crippen LogP contribution in [0.15, 0.2) is 33.0 Å². The van der Waals surface area contributed by atoms with Crippen LogP contribution in [0.3, 0.4) is 0 Å². The molecule has 2 aliphatic heterocycles. The fraction of sp³-hybridized carbons (Fsp3) is 0.400. The van der Waals surface area contributed by atoms with Crippen LogP contribution in [0.25, 0.3) is 5.69 Å². The summed E-state index contributed by atoms with van der Waals surface area (Å²) in [5.41, 5.74) is 2.75. The van der Waals surface area contributed by atoms with E-state index in [1.165, 1.54) is 31.0 Å². The van der Waals surface area contributed by atoms with Gasteiger partial charge in [-0.3, -0.25) is 19.3 Å². The number of aromatic hydroxyl groups is 2. The number of phenols is 2. The summed E-state index contributed by atoms with van der Waals surface area (Å²) in [7, 11) is 0. The SMILES string of the molecule is CC(C)(C)OC(=O)C(C)(C)O/N=C(\C(=O)NC1C(=O)N2C(C(=O)O)=C(CSc3nnnn3-c3cc(O)c(O)c(Cl)c3CC(=O)O)CS[C@@H]12)c1csc(N)n1. The van der Waals surface area contributed by atoms with Gasteiger partial charge >= 0.3 is 17.9 Å². The monoisotopic (exact) mass is 825 g/mol. The number of rotatable bonds is 13. The summed E-state index contributed by atoms with van der Waals surface area (Å²) in [4.78, 5) is 74.4. The first-order chi connectivity index (χ1) is 25.2. The van der Waals surface area contributed by atoms with Gasteiger partial charge in [0.15, 0.2) is 22.3 Å². The summed E-state index contributed by atoms with van der Waals surface area (Å²) in [6, 6.07) is -0.151. The largest absolute Gasteiger partial charge is 0.504 e. The molecular formula is C30H32ClN9O11S3. The smallest absolute Gasteiger partial charge is 0.353 e. The first-order valence-corrected chi connectivity index (χ1v) is 18.8. The molecule has 20 nitrogen and oxygen atoms in total. The number of carboxylic acids is 2. The Bertz CT molecular complexity index is 2110. The summed E-state index contributed by atoms with van der Waals surface area (Å²) >= 11 is 9.27. The minimum atomic E-state index is -1.64. The molecule has 1 fully saturated rings. The van der Waals surface area contributed by atoms with Gasteiger partial charge < -0.3 is 41.1 Å². The number of nitrogens with one attached hydrogen (secondary N) is 1. The maximum atomic E-state index is 13.6. The van der Waals surface area contributed by atoms with Crippen molar-refractivity contribution in [3.8, 4) is 17.2 Å². The maximum absolute atomic E-state index is 13.6. The van der Waals surface area contributed by atoms with Crippen LogP contribution >= 0.6 is 46.5 Å². The molecule has 7 N–H and O–H groups in total. The van der Waals surface area contributed by atoms with Gasteiger partial charge in [0.05, 0.1) is 17.1 Å². The number of thioether (sulfide) groups is 2. The average molecular weight is 826 g/mol. The second-order valence-corrected chi connectivity index (χ2v) is 16.3. The molecule has 2 aliphatic rings. The van der Waals surface area contributed by atoms with E-state index in [0.29, 0.717) is 5.57 Å². The molecule has 24 heteroatoms. The van der Waals surface area contributed by atoms with Crippen LogP contribution < -0.4 is 11.1 Å². The number of nitrogens with zero attached hydrogens (tertiary/aromatic N) is 7. The van der Waals surface area contributed by atoms with Gasteiger partial charge in [0.25, 0.3) is 11.8 Å². The lowest BCUT2D eigenvalue weighted by atomic mass is 10.0. The zero-order valence-corrected chi connectivity index (χ0v) is 32.1. The summed E-state index contributed by atoms with van der Waals surface area (Å²) in [5, 5.41) is 58.0. The molecule has 0 aliphatic carbocycles. The number of nitrogen functional groups attached to an aromatic ring is 1. The number of carbonyl (C=O) groups is 5. The Hall–Kier alpha value is -5.13. The predicted octanol–water partition coefficient (Wildman–Crippen LogP) is 1.76. The van der Waals surface area contributed by atoms with E-state index >= 15 is 0 Å². The fourth-order valence-corrected chi connectivity index (χ4v) is 8.11. The lowest BCUT2D eigenvalue weighted by molar-refractivity contribution is -0.179. The molecule has 4 heterocycles. The van der Waals surface area contributed by atoms with Crippen LogP contribution in [0.4, 0.5) is 5.13 Å². The number of tetrazole rings is 1. The number of thiazole rings is 1. The van der Waals surface area contributed by atoms with E-state index in [2.05, 4.69) is 31.0 Å². The van der Waals surface area contributed by atoms with Gasteiger partial charge in [0.2, 0.25) is 10.8 Å². The molecule has 0 saturated carbocycles. The number of aromatic nitrogens is 5. The minimum absolute atomic E-state index is 0.00237. The van der Waals surface area contributed by atoms with Crippen molar-refractivity contribution in [2.75, 3.05) is 17.2 Å². The second kappa shape index (κ2) is 15.3. The highest BCUT2D eigenvalue weighted by Gasteiger charge is 2.54. The third-order valence-corrected chi connectivity index (χ3v) is 10.9. The molecule has 0 spiro atoms. The Morgan fingerprint density at radius 3 is 2.50 bits per heavy atom. The summed E-state index contributed by atoms with van der Waals surface area (Å²) in [6.45, 7) is 7.80. The third kappa shape index (κ3) is 8.32. The summed E-state index contributed by atoms with van der Waals surface area (Å²) < 4.78 is 6.45. The van der Waals surface area contributed by atoms with Crippen molar-refractivity contribution in [2.45, 2.75) is 68.8 Å². The van der Waals surface area contributed by atoms with E-state index in [4.69, 9.17) is 26.9 Å². The lowest BCUT2D eigenvalue weighted by Crippen LogP contribution is -2.71. The maximum Gasteiger partial charge on any atom is 0.353 e. The zero-order chi connectivity index (χ0) is 39.9. The molecule has 1 unspecified atom stereocenters. The molecule has 54 heavy (non-hydrogen) atoms. The number of carboxylic acid groups (broad SMARTS) is 2. The topological polar surface area (TPSA) is 295 Å². The number of hydrogen-bond donors (Lipinski definition) is 6. The van der Waals surface area contributed by atoms with Crippen molar-refractivity contribution in [3.05, 3.63) is 39.0 Å². The number of ether oxygens (including phenoxy) is 1. The van der Waals surface area contributed by atoms with E-state index in [1.54, 1.807) is 20.8 Å².